The fourth-order valence-electron chi connectivity index (χ4n) is 4.42. The van der Waals surface area contributed by atoms with Crippen LogP contribution in [0.1, 0.15) is 24.6 Å². The molecule has 2 aliphatic rings. The Labute approximate surface area is 188 Å². The Hall–Kier alpha value is -3.06. The average molecular weight is 435 g/mol. The first-order valence-corrected chi connectivity index (χ1v) is 11.5. The maximum absolute atomic E-state index is 5.74. The Balaban J connectivity index is 1.28. The van der Waals surface area contributed by atoms with Gasteiger partial charge in [-0.2, -0.15) is 0 Å². The van der Waals surface area contributed by atoms with Gasteiger partial charge in [-0.15, -0.1) is 0 Å². The van der Waals surface area contributed by atoms with Gasteiger partial charge in [0.05, 0.1) is 17.8 Å². The molecule has 1 saturated heterocycles. The van der Waals surface area contributed by atoms with E-state index in [1.165, 1.54) is 5.56 Å². The third kappa shape index (κ3) is 4.43. The summed E-state index contributed by atoms with van der Waals surface area (Å²) >= 11 is 0. The van der Waals surface area contributed by atoms with Crippen LogP contribution in [0.3, 0.4) is 0 Å². The molecule has 7 nitrogen and oxygen atoms in total. The normalized spacial score (nSPS) is 16.8. The topological polar surface area (TPSA) is 60.0 Å². The largest absolute Gasteiger partial charge is 0.494 e. The molecule has 0 unspecified atom stereocenters. The van der Waals surface area contributed by atoms with Gasteiger partial charge < -0.3 is 19.1 Å². The minimum absolute atomic E-state index is 0.618. The van der Waals surface area contributed by atoms with Crippen molar-refractivity contribution in [1.29, 1.82) is 0 Å². The van der Waals surface area contributed by atoms with E-state index in [9.17, 15) is 0 Å². The second kappa shape index (κ2) is 9.20. The van der Waals surface area contributed by atoms with Crippen molar-refractivity contribution in [3.05, 3.63) is 47.7 Å². The number of fused-ring (bicyclic) bond motifs is 2. The van der Waals surface area contributed by atoms with Crippen molar-refractivity contribution < 1.29 is 14.2 Å². The Morgan fingerprint density at radius 3 is 2.69 bits per heavy atom. The van der Waals surface area contributed by atoms with E-state index in [1.54, 1.807) is 0 Å². The number of hydrogen-bond acceptors (Lipinski definition) is 7. The van der Waals surface area contributed by atoms with E-state index < -0.39 is 0 Å². The number of hydrogen-bond donors (Lipinski definition) is 0. The predicted molar refractivity (Wildman–Crippen MR) is 125 cm³/mol. The maximum Gasteiger partial charge on any atom is 0.226 e. The molecule has 0 N–H and O–H groups in total. The molecule has 7 heteroatoms. The molecular weight excluding hydrogens is 404 g/mol. The Morgan fingerprint density at radius 2 is 1.81 bits per heavy atom. The molecule has 3 aromatic rings. The number of rotatable bonds is 5. The zero-order valence-electron chi connectivity index (χ0n) is 18.8. The molecule has 0 atom stereocenters. The van der Waals surface area contributed by atoms with Crippen molar-refractivity contribution in [3.63, 3.8) is 0 Å². The Kier molecular flexibility index (Phi) is 5.99. The van der Waals surface area contributed by atoms with Gasteiger partial charge in [-0.25, -0.2) is 9.97 Å². The fourth-order valence-corrected chi connectivity index (χ4v) is 4.42. The summed E-state index contributed by atoms with van der Waals surface area (Å²) < 4.78 is 17.0. The highest BCUT2D eigenvalue weighted by molar-refractivity contribution is 5.83. The van der Waals surface area contributed by atoms with E-state index in [2.05, 4.69) is 28.9 Å². The molecule has 168 valence electrons. The molecule has 1 fully saturated rings. The van der Waals surface area contributed by atoms with E-state index >= 15 is 0 Å². The van der Waals surface area contributed by atoms with Crippen molar-refractivity contribution in [2.75, 3.05) is 50.9 Å². The Morgan fingerprint density at radius 1 is 0.938 bits per heavy atom. The molecule has 0 bridgehead atoms. The van der Waals surface area contributed by atoms with Crippen LogP contribution in [0, 0.1) is 6.92 Å². The third-order valence-electron chi connectivity index (χ3n) is 6.04. The SMILES string of the molecule is CCOc1ccc2nc(N3CCCN(Cc4ccc5c(c4)OCCO5)CC3)nc(C)c2c1. The minimum Gasteiger partial charge on any atom is -0.494 e. The highest BCUT2D eigenvalue weighted by atomic mass is 16.6. The van der Waals surface area contributed by atoms with Gasteiger partial charge in [-0.3, -0.25) is 4.90 Å². The van der Waals surface area contributed by atoms with Gasteiger partial charge in [0.2, 0.25) is 5.95 Å². The van der Waals surface area contributed by atoms with E-state index in [0.717, 1.165) is 78.9 Å². The van der Waals surface area contributed by atoms with Gasteiger partial charge in [-0.1, -0.05) is 6.07 Å². The molecule has 32 heavy (non-hydrogen) atoms. The summed E-state index contributed by atoms with van der Waals surface area (Å²) in [5.74, 6) is 3.39. The van der Waals surface area contributed by atoms with E-state index in [-0.39, 0.29) is 0 Å². The van der Waals surface area contributed by atoms with Crippen molar-refractivity contribution in [2.24, 2.45) is 0 Å². The third-order valence-corrected chi connectivity index (χ3v) is 6.04. The fraction of sp³-hybridized carbons (Fsp3) is 0.440. The molecule has 5 rings (SSSR count). The lowest BCUT2D eigenvalue weighted by Gasteiger charge is -2.23. The molecule has 0 amide bonds. The summed E-state index contributed by atoms with van der Waals surface area (Å²) in [5, 5.41) is 1.05. The van der Waals surface area contributed by atoms with Crippen molar-refractivity contribution >= 4 is 16.9 Å². The maximum atomic E-state index is 5.74. The van der Waals surface area contributed by atoms with Crippen LogP contribution >= 0.6 is 0 Å². The molecule has 2 aliphatic heterocycles. The molecule has 1 aromatic heterocycles. The summed E-state index contributed by atoms with van der Waals surface area (Å²) in [6.07, 6.45) is 1.08. The lowest BCUT2D eigenvalue weighted by molar-refractivity contribution is 0.171. The summed E-state index contributed by atoms with van der Waals surface area (Å²) in [5.41, 5.74) is 3.21. The van der Waals surface area contributed by atoms with Crippen LogP contribution in [-0.2, 0) is 6.54 Å². The monoisotopic (exact) mass is 434 g/mol. The van der Waals surface area contributed by atoms with Crippen molar-refractivity contribution in [2.45, 2.75) is 26.8 Å². The Bertz CT molecular complexity index is 1100. The van der Waals surface area contributed by atoms with E-state index in [4.69, 9.17) is 24.2 Å². The number of ether oxygens (including phenoxy) is 3. The molecule has 2 aromatic carbocycles. The number of aryl methyl sites for hydroxylation is 1. The van der Waals surface area contributed by atoms with Gasteiger partial charge >= 0.3 is 0 Å². The first-order chi connectivity index (χ1) is 15.7. The zero-order valence-corrected chi connectivity index (χ0v) is 18.8. The van der Waals surface area contributed by atoms with Gasteiger partial charge in [0.15, 0.2) is 11.5 Å². The lowest BCUT2D eigenvalue weighted by atomic mass is 10.1. The first-order valence-electron chi connectivity index (χ1n) is 11.5. The van der Waals surface area contributed by atoms with Crippen LogP contribution in [0.4, 0.5) is 5.95 Å². The molecule has 0 aliphatic carbocycles. The van der Waals surface area contributed by atoms with Crippen LogP contribution in [0.25, 0.3) is 10.9 Å². The lowest BCUT2D eigenvalue weighted by Crippen LogP contribution is -2.31. The predicted octanol–water partition coefficient (Wildman–Crippen LogP) is 3.82. The zero-order chi connectivity index (χ0) is 21.9. The number of benzene rings is 2. The first kappa shape index (κ1) is 20.8. The standard InChI is InChI=1S/C25H30N4O3/c1-3-30-20-6-7-22-21(16-20)18(2)26-25(27-22)29-10-4-9-28(11-12-29)17-19-5-8-23-24(15-19)32-14-13-31-23/h5-8,15-16H,3-4,9-14,17H2,1-2H3. The minimum atomic E-state index is 0.618. The van der Waals surface area contributed by atoms with Gasteiger partial charge in [0.1, 0.15) is 19.0 Å². The molecule has 0 radical (unpaired) electrons. The van der Waals surface area contributed by atoms with Crippen LogP contribution in [0.2, 0.25) is 0 Å². The summed E-state index contributed by atoms with van der Waals surface area (Å²) in [4.78, 5) is 14.5. The smallest absolute Gasteiger partial charge is 0.226 e. The van der Waals surface area contributed by atoms with E-state index in [0.29, 0.717) is 19.8 Å². The molecule has 0 spiro atoms. The number of aromatic nitrogens is 2. The second-order valence-electron chi connectivity index (χ2n) is 8.32. The van der Waals surface area contributed by atoms with Crippen LogP contribution < -0.4 is 19.1 Å². The van der Waals surface area contributed by atoms with Crippen LogP contribution in [-0.4, -0.2) is 60.9 Å². The summed E-state index contributed by atoms with van der Waals surface area (Å²) in [7, 11) is 0. The second-order valence-corrected chi connectivity index (χ2v) is 8.32. The average Bonchev–Trinajstić information content (AvgIpc) is 3.05. The highest BCUT2D eigenvalue weighted by Crippen LogP contribution is 2.31. The molecular formula is C25H30N4O3. The van der Waals surface area contributed by atoms with E-state index in [1.807, 2.05) is 31.2 Å². The van der Waals surface area contributed by atoms with Crippen LogP contribution in [0.15, 0.2) is 36.4 Å². The van der Waals surface area contributed by atoms with Gasteiger partial charge in [-0.05, 0) is 56.2 Å². The quantitative estimate of drug-likeness (QED) is 0.605. The van der Waals surface area contributed by atoms with Crippen LogP contribution in [0.5, 0.6) is 17.2 Å². The summed E-state index contributed by atoms with van der Waals surface area (Å²) in [6.45, 7) is 10.7. The van der Waals surface area contributed by atoms with Gasteiger partial charge in [0.25, 0.3) is 0 Å². The van der Waals surface area contributed by atoms with Gasteiger partial charge in [0, 0.05) is 38.1 Å². The van der Waals surface area contributed by atoms with Crippen molar-refractivity contribution in [3.8, 4) is 17.2 Å². The molecule has 3 heterocycles. The molecule has 0 saturated carbocycles. The van der Waals surface area contributed by atoms with Crippen molar-refractivity contribution in [1.82, 2.24) is 14.9 Å². The number of anilines is 1. The highest BCUT2D eigenvalue weighted by Gasteiger charge is 2.19. The summed E-state index contributed by atoms with van der Waals surface area (Å²) in [6, 6.07) is 12.3. The number of nitrogens with zero attached hydrogens (tertiary/aromatic N) is 4.